The van der Waals surface area contributed by atoms with Crippen molar-refractivity contribution in [1.29, 1.82) is 0 Å². The number of ketones is 1. The number of pyridine rings is 2. The summed E-state index contributed by atoms with van der Waals surface area (Å²) in [4.78, 5) is 56.0. The molecule has 40 heavy (non-hydrogen) atoms. The lowest BCUT2D eigenvalue weighted by Crippen LogP contribution is -2.44. The summed E-state index contributed by atoms with van der Waals surface area (Å²) < 4.78 is 21.7. The topological polar surface area (TPSA) is 128 Å². The van der Waals surface area contributed by atoms with Crippen molar-refractivity contribution in [2.45, 2.75) is 64.3 Å². The standard InChI is InChI=1S/C29H28FN3O6S/c1-4-29(38)18-8-22-26-16(10-33(22)27(36)17(18)11-39-28(29)37)25-20(31-23(35)7-14(34)12-40-3)6-5-15-13(2)19(30)9-21(32-26)24(15)25/h8-9,20,38H,4-7,10-12H2,1-3H3,(H,31,35)/t20-,29-/m0/s1. The molecule has 0 spiro atoms. The van der Waals surface area contributed by atoms with Crippen LogP contribution in [0.25, 0.3) is 22.3 Å². The number of ether oxygens (including phenoxy) is 1. The lowest BCUT2D eigenvalue weighted by Gasteiger charge is -2.31. The molecule has 4 heterocycles. The minimum absolute atomic E-state index is 0.0161. The molecule has 6 rings (SSSR count). The fourth-order valence-electron chi connectivity index (χ4n) is 6.34. The van der Waals surface area contributed by atoms with E-state index in [1.165, 1.54) is 22.4 Å². The summed E-state index contributed by atoms with van der Waals surface area (Å²) in [5.74, 6) is -1.53. The number of hydrogen-bond donors (Lipinski definition) is 2. The monoisotopic (exact) mass is 565 g/mol. The zero-order valence-electron chi connectivity index (χ0n) is 22.4. The lowest BCUT2D eigenvalue weighted by molar-refractivity contribution is -0.172. The van der Waals surface area contributed by atoms with Gasteiger partial charge in [-0.2, -0.15) is 11.8 Å². The Morgan fingerprint density at radius 2 is 2.05 bits per heavy atom. The Kier molecular flexibility index (Phi) is 6.34. The molecule has 2 aromatic heterocycles. The Labute approximate surface area is 233 Å². The van der Waals surface area contributed by atoms with Crippen LogP contribution in [0.4, 0.5) is 4.39 Å². The summed E-state index contributed by atoms with van der Waals surface area (Å²) in [7, 11) is 0. The van der Waals surface area contributed by atoms with Crippen molar-refractivity contribution in [2.75, 3.05) is 12.0 Å². The van der Waals surface area contributed by atoms with Crippen molar-refractivity contribution < 1.29 is 28.6 Å². The van der Waals surface area contributed by atoms with Crippen LogP contribution in [0, 0.1) is 12.7 Å². The number of amides is 1. The van der Waals surface area contributed by atoms with Gasteiger partial charge in [0.15, 0.2) is 11.4 Å². The van der Waals surface area contributed by atoms with Gasteiger partial charge in [0.1, 0.15) is 12.4 Å². The normalized spacial score (nSPS) is 20.5. The molecule has 208 valence electrons. The molecule has 0 saturated heterocycles. The number of nitrogens with zero attached hydrogens (tertiary/aromatic N) is 2. The van der Waals surface area contributed by atoms with Crippen LogP contribution in [-0.4, -0.2) is 44.3 Å². The van der Waals surface area contributed by atoms with E-state index in [1.807, 2.05) is 0 Å². The molecule has 3 aromatic rings. The smallest absolute Gasteiger partial charge is 0.343 e. The predicted octanol–water partition coefficient (Wildman–Crippen LogP) is 2.95. The molecule has 0 fully saturated rings. The number of Topliss-reactive ketones (excluding diaryl/α,β-unsaturated/α-hetero) is 1. The van der Waals surface area contributed by atoms with Gasteiger partial charge >= 0.3 is 5.97 Å². The average molecular weight is 566 g/mol. The zero-order chi connectivity index (χ0) is 28.5. The predicted molar refractivity (Wildman–Crippen MR) is 146 cm³/mol. The molecule has 1 aliphatic carbocycles. The van der Waals surface area contributed by atoms with Gasteiger partial charge in [0.25, 0.3) is 5.56 Å². The number of hydrogen-bond acceptors (Lipinski definition) is 8. The highest BCUT2D eigenvalue weighted by Crippen LogP contribution is 2.45. The third kappa shape index (κ3) is 3.81. The molecule has 0 saturated carbocycles. The first kappa shape index (κ1) is 26.6. The highest BCUT2D eigenvalue weighted by Gasteiger charge is 2.46. The first-order valence-electron chi connectivity index (χ1n) is 13.2. The molecule has 0 unspecified atom stereocenters. The van der Waals surface area contributed by atoms with Crippen LogP contribution in [0.15, 0.2) is 16.9 Å². The summed E-state index contributed by atoms with van der Waals surface area (Å²) >= 11 is 1.36. The van der Waals surface area contributed by atoms with Crippen LogP contribution in [0.3, 0.4) is 0 Å². The van der Waals surface area contributed by atoms with Gasteiger partial charge in [-0.15, -0.1) is 0 Å². The molecule has 2 N–H and O–H groups in total. The van der Waals surface area contributed by atoms with E-state index in [0.29, 0.717) is 40.9 Å². The number of rotatable bonds is 6. The Morgan fingerprint density at radius 1 is 1.27 bits per heavy atom. The van der Waals surface area contributed by atoms with Crippen molar-refractivity contribution in [2.24, 2.45) is 0 Å². The number of nitrogens with one attached hydrogen (secondary N) is 1. The quantitative estimate of drug-likeness (QED) is 0.270. The molecule has 0 radical (unpaired) electrons. The number of thioether (sulfide) groups is 1. The molecular formula is C29H28FN3O6S. The maximum absolute atomic E-state index is 15.0. The number of cyclic esters (lactones) is 1. The van der Waals surface area contributed by atoms with Gasteiger partial charge < -0.3 is 19.7 Å². The minimum atomic E-state index is -1.97. The summed E-state index contributed by atoms with van der Waals surface area (Å²) in [5.41, 5.74) is 2.08. The highest BCUT2D eigenvalue weighted by molar-refractivity contribution is 7.99. The number of benzene rings is 1. The van der Waals surface area contributed by atoms with Crippen molar-refractivity contribution in [3.63, 3.8) is 0 Å². The number of carbonyl (C=O) groups excluding carboxylic acids is 3. The zero-order valence-corrected chi connectivity index (χ0v) is 23.2. The second-order valence-corrected chi connectivity index (χ2v) is 11.5. The van der Waals surface area contributed by atoms with Crippen LogP contribution in [0.1, 0.15) is 65.6 Å². The summed E-state index contributed by atoms with van der Waals surface area (Å²) in [6, 6.07) is 2.51. The molecule has 1 aromatic carbocycles. The Morgan fingerprint density at radius 3 is 2.77 bits per heavy atom. The Bertz CT molecular complexity index is 1720. The molecule has 11 heteroatoms. The summed E-state index contributed by atoms with van der Waals surface area (Å²) in [5, 5.41) is 14.9. The maximum atomic E-state index is 15.0. The first-order chi connectivity index (χ1) is 19.1. The van der Waals surface area contributed by atoms with Gasteiger partial charge in [-0.05, 0) is 55.2 Å². The van der Waals surface area contributed by atoms with Crippen LogP contribution in [-0.2, 0) is 44.3 Å². The maximum Gasteiger partial charge on any atom is 0.343 e. The second kappa shape index (κ2) is 9.52. The third-order valence-corrected chi connectivity index (χ3v) is 8.99. The molecule has 2 atom stereocenters. The van der Waals surface area contributed by atoms with Gasteiger partial charge in [-0.1, -0.05) is 6.92 Å². The van der Waals surface area contributed by atoms with Crippen LogP contribution < -0.4 is 10.9 Å². The summed E-state index contributed by atoms with van der Waals surface area (Å²) in [6.45, 7) is 3.26. The number of halogens is 1. The summed E-state index contributed by atoms with van der Waals surface area (Å²) in [6.07, 6.45) is 2.58. The number of fused-ring (bicyclic) bond motifs is 5. The van der Waals surface area contributed by atoms with E-state index in [1.54, 1.807) is 26.2 Å². The van der Waals surface area contributed by atoms with Gasteiger partial charge in [-0.25, -0.2) is 14.2 Å². The number of aryl methyl sites for hydroxylation is 1. The van der Waals surface area contributed by atoms with Crippen LogP contribution >= 0.6 is 11.8 Å². The Hall–Kier alpha value is -3.57. The van der Waals surface area contributed by atoms with Crippen molar-refractivity contribution >= 4 is 40.3 Å². The molecule has 3 aliphatic rings. The van der Waals surface area contributed by atoms with E-state index in [-0.39, 0.29) is 48.7 Å². The van der Waals surface area contributed by atoms with E-state index < -0.39 is 34.9 Å². The molecule has 0 bridgehead atoms. The minimum Gasteiger partial charge on any atom is -0.458 e. The van der Waals surface area contributed by atoms with Crippen LogP contribution in [0.2, 0.25) is 0 Å². The number of carbonyl (C=O) groups is 3. The largest absolute Gasteiger partial charge is 0.458 e. The van der Waals surface area contributed by atoms with Gasteiger partial charge in [0.05, 0.1) is 47.2 Å². The molecule has 2 aliphatic heterocycles. The van der Waals surface area contributed by atoms with Gasteiger partial charge in [0.2, 0.25) is 5.91 Å². The number of aromatic nitrogens is 2. The molecular weight excluding hydrogens is 537 g/mol. The van der Waals surface area contributed by atoms with E-state index >= 15 is 4.39 Å². The van der Waals surface area contributed by atoms with Crippen molar-refractivity contribution in [3.8, 4) is 11.4 Å². The number of aliphatic hydroxyl groups is 1. The van der Waals surface area contributed by atoms with E-state index in [0.717, 1.165) is 16.5 Å². The fourth-order valence-corrected chi connectivity index (χ4v) is 6.76. The fraction of sp³-hybridized carbons (Fsp3) is 0.414. The molecule has 1 amide bonds. The van der Waals surface area contributed by atoms with E-state index in [4.69, 9.17) is 9.72 Å². The van der Waals surface area contributed by atoms with E-state index in [9.17, 15) is 24.3 Å². The lowest BCUT2D eigenvalue weighted by atomic mass is 9.81. The highest BCUT2D eigenvalue weighted by atomic mass is 32.2. The van der Waals surface area contributed by atoms with E-state index in [2.05, 4.69) is 5.32 Å². The Balaban J connectivity index is 1.56. The van der Waals surface area contributed by atoms with Crippen LogP contribution in [0.5, 0.6) is 0 Å². The molecule has 9 nitrogen and oxygen atoms in total. The van der Waals surface area contributed by atoms with Gasteiger partial charge in [-0.3, -0.25) is 14.4 Å². The third-order valence-electron chi connectivity index (χ3n) is 8.38. The SMILES string of the molecule is CC[C@@]1(O)C(=O)OCc2c1cc1n(c2=O)Cc2c-1nc1cc(F)c(C)c3c1c2[C@@H](NC(=O)CC(=O)CSC)CC3. The second-order valence-electron chi connectivity index (χ2n) is 10.6. The first-order valence-corrected chi connectivity index (χ1v) is 14.6. The average Bonchev–Trinajstić information content (AvgIpc) is 3.29. The number of esters is 1. The van der Waals surface area contributed by atoms with Gasteiger partial charge in [0, 0.05) is 22.6 Å². The van der Waals surface area contributed by atoms with Crippen molar-refractivity contribution in [1.82, 2.24) is 14.9 Å². The van der Waals surface area contributed by atoms with Crippen molar-refractivity contribution in [3.05, 3.63) is 61.7 Å².